The molecule has 0 saturated carbocycles. The lowest BCUT2D eigenvalue weighted by Gasteiger charge is -2.38. The number of piperidine rings is 1. The third-order valence-electron chi connectivity index (χ3n) is 3.93. The van der Waals surface area contributed by atoms with Gasteiger partial charge in [0.05, 0.1) is 11.3 Å². The highest BCUT2D eigenvalue weighted by Crippen LogP contribution is 2.37. The van der Waals surface area contributed by atoms with E-state index in [-0.39, 0.29) is 0 Å². The van der Waals surface area contributed by atoms with Crippen LogP contribution in [0.25, 0.3) is 0 Å². The highest BCUT2D eigenvalue weighted by Gasteiger charge is 2.35. The fourth-order valence-corrected chi connectivity index (χ4v) is 2.68. The lowest BCUT2D eigenvalue weighted by molar-refractivity contribution is -0.0199. The SMILES string of the molecule is CN1CCC(O)(c2cc(F)ccc2NC(=O)OC(C)(C)C)CC1. The maximum absolute atomic E-state index is 13.7. The van der Waals surface area contributed by atoms with Crippen LogP contribution in [0.2, 0.25) is 0 Å². The first kappa shape index (κ1) is 17.7. The number of likely N-dealkylation sites (tertiary alicyclic amines) is 1. The van der Waals surface area contributed by atoms with Gasteiger partial charge in [0.15, 0.2) is 0 Å². The van der Waals surface area contributed by atoms with Crippen molar-refractivity contribution in [3.63, 3.8) is 0 Å². The fourth-order valence-electron chi connectivity index (χ4n) is 2.68. The molecule has 1 aliphatic rings. The summed E-state index contributed by atoms with van der Waals surface area (Å²) < 4.78 is 18.9. The largest absolute Gasteiger partial charge is 0.444 e. The first-order valence-electron chi connectivity index (χ1n) is 7.80. The van der Waals surface area contributed by atoms with Crippen LogP contribution in [0.1, 0.15) is 39.2 Å². The molecule has 0 bridgehead atoms. The first-order valence-corrected chi connectivity index (χ1v) is 7.80. The van der Waals surface area contributed by atoms with Crippen molar-refractivity contribution < 1.29 is 19.0 Å². The standard InChI is InChI=1S/C17H25FN2O3/c1-16(2,3)23-15(21)19-14-6-5-12(18)11-13(14)17(22)7-9-20(4)10-8-17/h5-6,11,22H,7-10H2,1-4H3,(H,19,21). The van der Waals surface area contributed by atoms with Gasteiger partial charge < -0.3 is 14.7 Å². The van der Waals surface area contributed by atoms with Gasteiger partial charge in [-0.25, -0.2) is 9.18 Å². The molecule has 1 amide bonds. The first-order chi connectivity index (χ1) is 10.6. The summed E-state index contributed by atoms with van der Waals surface area (Å²) >= 11 is 0. The molecule has 1 heterocycles. The average Bonchev–Trinajstić information content (AvgIpc) is 2.42. The molecule has 5 nitrogen and oxygen atoms in total. The molecule has 0 aliphatic carbocycles. The Bertz CT molecular complexity index is 576. The van der Waals surface area contributed by atoms with Crippen molar-refractivity contribution in [3.8, 4) is 0 Å². The Balaban J connectivity index is 2.26. The normalized spacial score (nSPS) is 18.5. The maximum Gasteiger partial charge on any atom is 0.412 e. The van der Waals surface area contributed by atoms with E-state index in [0.29, 0.717) is 37.2 Å². The van der Waals surface area contributed by atoms with Gasteiger partial charge in [-0.3, -0.25) is 5.32 Å². The molecule has 1 aromatic carbocycles. The van der Waals surface area contributed by atoms with E-state index in [0.717, 1.165) is 0 Å². The minimum Gasteiger partial charge on any atom is -0.444 e. The van der Waals surface area contributed by atoms with Gasteiger partial charge in [-0.1, -0.05) is 0 Å². The van der Waals surface area contributed by atoms with E-state index in [9.17, 15) is 14.3 Å². The minimum atomic E-state index is -1.15. The molecular weight excluding hydrogens is 299 g/mol. The molecule has 0 radical (unpaired) electrons. The van der Waals surface area contributed by atoms with Gasteiger partial charge in [0.25, 0.3) is 0 Å². The predicted molar refractivity (Wildman–Crippen MR) is 86.9 cm³/mol. The summed E-state index contributed by atoms with van der Waals surface area (Å²) in [7, 11) is 1.98. The van der Waals surface area contributed by atoms with Gasteiger partial charge in [0.1, 0.15) is 11.4 Å². The molecule has 0 atom stereocenters. The van der Waals surface area contributed by atoms with Crippen LogP contribution in [0.15, 0.2) is 18.2 Å². The molecule has 2 rings (SSSR count). The van der Waals surface area contributed by atoms with Gasteiger partial charge in [-0.2, -0.15) is 0 Å². The van der Waals surface area contributed by atoms with Gasteiger partial charge in [-0.05, 0) is 58.9 Å². The van der Waals surface area contributed by atoms with Crippen molar-refractivity contribution in [1.82, 2.24) is 4.90 Å². The highest BCUT2D eigenvalue weighted by molar-refractivity contribution is 5.86. The molecule has 23 heavy (non-hydrogen) atoms. The number of ether oxygens (including phenoxy) is 1. The minimum absolute atomic E-state index is 0.382. The lowest BCUT2D eigenvalue weighted by Crippen LogP contribution is -2.41. The number of benzene rings is 1. The van der Waals surface area contributed by atoms with E-state index in [2.05, 4.69) is 10.2 Å². The third kappa shape index (κ3) is 4.65. The van der Waals surface area contributed by atoms with E-state index in [1.54, 1.807) is 20.8 Å². The van der Waals surface area contributed by atoms with Crippen LogP contribution in [0.3, 0.4) is 0 Å². The van der Waals surface area contributed by atoms with Crippen LogP contribution in [0.5, 0.6) is 0 Å². The molecule has 1 aliphatic heterocycles. The molecule has 1 aromatic rings. The van der Waals surface area contributed by atoms with E-state index < -0.39 is 23.1 Å². The van der Waals surface area contributed by atoms with Gasteiger partial charge in [0.2, 0.25) is 0 Å². The zero-order valence-corrected chi connectivity index (χ0v) is 14.1. The molecule has 0 unspecified atom stereocenters. The molecular formula is C17H25FN2O3. The summed E-state index contributed by atoms with van der Waals surface area (Å²) in [4.78, 5) is 14.1. The van der Waals surface area contributed by atoms with Crippen LogP contribution in [0.4, 0.5) is 14.9 Å². The van der Waals surface area contributed by atoms with Crippen molar-refractivity contribution in [1.29, 1.82) is 0 Å². The summed E-state index contributed by atoms with van der Waals surface area (Å²) in [6.45, 7) is 6.71. The van der Waals surface area contributed by atoms with Crippen molar-refractivity contribution >= 4 is 11.8 Å². The van der Waals surface area contributed by atoms with Crippen molar-refractivity contribution in [3.05, 3.63) is 29.6 Å². The Morgan fingerprint density at radius 1 is 1.35 bits per heavy atom. The monoisotopic (exact) mass is 324 g/mol. The van der Waals surface area contributed by atoms with Crippen LogP contribution in [-0.4, -0.2) is 41.8 Å². The number of carbonyl (C=O) groups excluding carboxylic acids is 1. The second-order valence-electron chi connectivity index (χ2n) is 7.15. The summed E-state index contributed by atoms with van der Waals surface area (Å²) in [6.07, 6.45) is 0.341. The number of hydrogen-bond donors (Lipinski definition) is 2. The number of nitrogens with zero attached hydrogens (tertiary/aromatic N) is 1. The van der Waals surface area contributed by atoms with Crippen molar-refractivity contribution in [2.75, 3.05) is 25.5 Å². The highest BCUT2D eigenvalue weighted by atomic mass is 19.1. The number of rotatable bonds is 2. The van der Waals surface area contributed by atoms with Crippen LogP contribution in [0, 0.1) is 5.82 Å². The van der Waals surface area contributed by atoms with Crippen LogP contribution in [-0.2, 0) is 10.3 Å². The zero-order chi connectivity index (χ0) is 17.3. The smallest absolute Gasteiger partial charge is 0.412 e. The summed E-state index contributed by atoms with van der Waals surface area (Å²) in [6, 6.07) is 4.01. The van der Waals surface area contributed by atoms with E-state index in [1.807, 2.05) is 7.05 Å². The van der Waals surface area contributed by atoms with Crippen molar-refractivity contribution in [2.45, 2.75) is 44.8 Å². The molecule has 0 aromatic heterocycles. The van der Waals surface area contributed by atoms with Gasteiger partial charge in [0, 0.05) is 18.7 Å². The fraction of sp³-hybridized carbons (Fsp3) is 0.588. The van der Waals surface area contributed by atoms with Crippen molar-refractivity contribution in [2.24, 2.45) is 0 Å². The number of carbonyl (C=O) groups is 1. The van der Waals surface area contributed by atoms with Crippen LogP contribution >= 0.6 is 0 Å². The number of amides is 1. The second-order valence-corrected chi connectivity index (χ2v) is 7.15. The Hall–Kier alpha value is -1.66. The summed E-state index contributed by atoms with van der Waals surface area (Å²) in [5, 5.41) is 13.6. The van der Waals surface area contributed by atoms with E-state index >= 15 is 0 Å². The molecule has 0 spiro atoms. The predicted octanol–water partition coefficient (Wildman–Crippen LogP) is 3.09. The van der Waals surface area contributed by atoms with Gasteiger partial charge in [-0.15, -0.1) is 0 Å². The number of nitrogens with one attached hydrogen (secondary N) is 1. The molecule has 1 fully saturated rings. The number of aliphatic hydroxyl groups is 1. The average molecular weight is 324 g/mol. The quantitative estimate of drug-likeness (QED) is 0.877. The number of halogens is 1. The molecule has 1 saturated heterocycles. The zero-order valence-electron chi connectivity index (χ0n) is 14.1. The Morgan fingerprint density at radius 2 is 1.96 bits per heavy atom. The summed E-state index contributed by atoms with van der Waals surface area (Å²) in [5.74, 6) is -0.443. The second kappa shape index (κ2) is 6.45. The third-order valence-corrected chi connectivity index (χ3v) is 3.93. The Morgan fingerprint density at radius 3 is 2.52 bits per heavy atom. The van der Waals surface area contributed by atoms with Crippen LogP contribution < -0.4 is 5.32 Å². The molecule has 2 N–H and O–H groups in total. The molecule has 128 valence electrons. The van der Waals surface area contributed by atoms with E-state index in [4.69, 9.17) is 4.74 Å². The van der Waals surface area contributed by atoms with Gasteiger partial charge >= 0.3 is 6.09 Å². The number of anilines is 1. The Kier molecular flexibility index (Phi) is 4.96. The molecule has 6 heteroatoms. The topological polar surface area (TPSA) is 61.8 Å². The van der Waals surface area contributed by atoms with E-state index in [1.165, 1.54) is 18.2 Å². The number of hydrogen-bond acceptors (Lipinski definition) is 4. The summed E-state index contributed by atoms with van der Waals surface area (Å²) in [5.41, 5.74) is -1.00. The maximum atomic E-state index is 13.7. The lowest BCUT2D eigenvalue weighted by atomic mass is 9.83. The Labute approximate surface area is 136 Å².